The molecule has 4 aliphatic rings. The van der Waals surface area contributed by atoms with Crippen molar-refractivity contribution in [3.05, 3.63) is 48.6 Å². The molecular weight excluding hydrogens is 612 g/mol. The van der Waals surface area contributed by atoms with Gasteiger partial charge in [-0.2, -0.15) is 9.97 Å². The lowest BCUT2D eigenvalue weighted by Gasteiger charge is -2.27. The molecule has 0 spiro atoms. The van der Waals surface area contributed by atoms with Crippen LogP contribution in [0.2, 0.25) is 0 Å². The van der Waals surface area contributed by atoms with Crippen LogP contribution in [-0.4, -0.2) is 83.8 Å². The molecule has 6 rings (SSSR count). The van der Waals surface area contributed by atoms with Crippen molar-refractivity contribution >= 4 is 27.9 Å². The van der Waals surface area contributed by atoms with Gasteiger partial charge in [0.15, 0.2) is 0 Å². The number of hydrogen-bond acceptors (Lipinski definition) is 9. The van der Waals surface area contributed by atoms with E-state index in [2.05, 4.69) is 25.3 Å². The molecule has 4 atom stereocenters. The van der Waals surface area contributed by atoms with Crippen molar-refractivity contribution in [2.45, 2.75) is 80.7 Å². The highest BCUT2D eigenvalue weighted by atomic mass is 32.2. The lowest BCUT2D eigenvalue weighted by atomic mass is 10.1. The van der Waals surface area contributed by atoms with E-state index in [9.17, 15) is 22.8 Å². The van der Waals surface area contributed by atoms with Crippen LogP contribution >= 0.6 is 0 Å². The maximum atomic E-state index is 14.0. The Morgan fingerprint density at radius 3 is 2.63 bits per heavy atom. The molecule has 13 nitrogen and oxygen atoms in total. The van der Waals surface area contributed by atoms with Crippen molar-refractivity contribution in [1.29, 1.82) is 0 Å². The first-order valence-corrected chi connectivity index (χ1v) is 17.3. The van der Waals surface area contributed by atoms with E-state index in [-0.39, 0.29) is 37.2 Å². The molecule has 0 unspecified atom stereocenters. The minimum absolute atomic E-state index is 0.0895. The Labute approximate surface area is 268 Å². The number of rotatable bonds is 7. The van der Waals surface area contributed by atoms with Crippen molar-refractivity contribution in [3.63, 3.8) is 0 Å². The van der Waals surface area contributed by atoms with Crippen LogP contribution < -0.4 is 24.8 Å². The van der Waals surface area contributed by atoms with Gasteiger partial charge in [0.25, 0.3) is 5.91 Å². The summed E-state index contributed by atoms with van der Waals surface area (Å²) in [6, 6.07) is 9.86. The van der Waals surface area contributed by atoms with Crippen molar-refractivity contribution in [1.82, 2.24) is 30.2 Å². The zero-order chi connectivity index (χ0) is 32.5. The van der Waals surface area contributed by atoms with Crippen LogP contribution in [0.5, 0.6) is 11.9 Å². The molecule has 14 heteroatoms. The first kappa shape index (κ1) is 31.8. The summed E-state index contributed by atoms with van der Waals surface area (Å²) in [5.41, 5.74) is -0.0145. The SMILES string of the molecule is COc1nc(O[C@@H]2C[C@H]3C(=O)N[C@]4(C(=O)NS(=O)(=O)C5(C)CC5)C[C@@H]4/C=C\CCCCCNC(=O)N3C2)cc(-c2ccccc2)n1. The summed E-state index contributed by atoms with van der Waals surface area (Å²) in [6.07, 6.45) is 7.92. The third-order valence-electron chi connectivity index (χ3n) is 9.34. The number of ether oxygens (including phenoxy) is 2. The van der Waals surface area contributed by atoms with Gasteiger partial charge in [-0.05, 0) is 45.4 Å². The zero-order valence-electron chi connectivity index (χ0n) is 26.0. The highest BCUT2D eigenvalue weighted by Gasteiger charge is 2.63. The lowest BCUT2D eigenvalue weighted by molar-refractivity contribution is -0.131. The highest BCUT2D eigenvalue weighted by molar-refractivity contribution is 7.91. The number of allylic oxidation sites excluding steroid dienone is 1. The fourth-order valence-electron chi connectivity index (χ4n) is 6.03. The Bertz CT molecular complexity index is 1630. The average Bonchev–Trinajstić information content (AvgIpc) is 3.92. The van der Waals surface area contributed by atoms with E-state index < -0.39 is 50.3 Å². The normalized spacial score (nSPS) is 28.2. The minimum Gasteiger partial charge on any atom is -0.472 e. The molecule has 246 valence electrons. The number of benzene rings is 1. The predicted molar refractivity (Wildman–Crippen MR) is 168 cm³/mol. The third-order valence-corrected chi connectivity index (χ3v) is 11.5. The summed E-state index contributed by atoms with van der Waals surface area (Å²) >= 11 is 0. The third kappa shape index (κ3) is 6.53. The summed E-state index contributed by atoms with van der Waals surface area (Å²) in [5.74, 6) is -1.45. The maximum absolute atomic E-state index is 14.0. The number of urea groups is 1. The van der Waals surface area contributed by atoms with Gasteiger partial charge < -0.3 is 25.0 Å². The molecule has 3 N–H and O–H groups in total. The van der Waals surface area contributed by atoms with Gasteiger partial charge >= 0.3 is 12.0 Å². The number of methoxy groups -OCH3 is 1. The molecule has 0 bridgehead atoms. The molecule has 2 aliphatic heterocycles. The number of hydrogen-bond donors (Lipinski definition) is 3. The zero-order valence-corrected chi connectivity index (χ0v) is 26.8. The number of fused-ring (bicyclic) bond motifs is 2. The lowest BCUT2D eigenvalue weighted by Crippen LogP contribution is -2.57. The second-order valence-corrected chi connectivity index (χ2v) is 14.9. The topological polar surface area (TPSA) is 169 Å². The molecule has 3 heterocycles. The largest absolute Gasteiger partial charge is 0.472 e. The minimum atomic E-state index is -3.92. The Balaban J connectivity index is 1.24. The molecular formula is C32H40N6O7S. The van der Waals surface area contributed by atoms with Crippen molar-refractivity contribution in [2.24, 2.45) is 5.92 Å². The van der Waals surface area contributed by atoms with Gasteiger partial charge in [0.1, 0.15) is 17.7 Å². The van der Waals surface area contributed by atoms with Crippen molar-refractivity contribution < 1.29 is 32.3 Å². The molecule has 1 aromatic heterocycles. The Hall–Kier alpha value is -4.20. The van der Waals surface area contributed by atoms with Gasteiger partial charge in [-0.3, -0.25) is 14.3 Å². The van der Waals surface area contributed by atoms with Gasteiger partial charge in [-0.25, -0.2) is 13.2 Å². The molecule has 4 amide bonds. The van der Waals surface area contributed by atoms with Gasteiger partial charge in [0.2, 0.25) is 21.8 Å². The first-order chi connectivity index (χ1) is 22.0. The predicted octanol–water partition coefficient (Wildman–Crippen LogP) is 2.69. The number of sulfonamides is 1. The number of carbonyl (C=O) groups is 3. The van der Waals surface area contributed by atoms with Crippen LogP contribution in [0.25, 0.3) is 11.3 Å². The van der Waals surface area contributed by atoms with Crippen LogP contribution in [0.3, 0.4) is 0 Å². The van der Waals surface area contributed by atoms with E-state index in [0.717, 1.165) is 31.2 Å². The number of carbonyl (C=O) groups excluding carboxylic acids is 3. The van der Waals surface area contributed by atoms with Gasteiger partial charge in [-0.1, -0.05) is 48.9 Å². The highest BCUT2D eigenvalue weighted by Crippen LogP contribution is 2.47. The van der Waals surface area contributed by atoms with Crippen molar-refractivity contribution in [2.75, 3.05) is 20.2 Å². The summed E-state index contributed by atoms with van der Waals surface area (Å²) in [7, 11) is -2.47. The Morgan fingerprint density at radius 1 is 1.11 bits per heavy atom. The molecule has 2 aliphatic carbocycles. The number of nitrogens with one attached hydrogen (secondary N) is 3. The van der Waals surface area contributed by atoms with E-state index in [1.165, 1.54) is 12.0 Å². The second-order valence-electron chi connectivity index (χ2n) is 12.8. The summed E-state index contributed by atoms with van der Waals surface area (Å²) in [6.45, 7) is 2.14. The van der Waals surface area contributed by atoms with Crippen LogP contribution in [0.4, 0.5) is 4.79 Å². The summed E-state index contributed by atoms with van der Waals surface area (Å²) < 4.78 is 38.7. The molecule has 2 saturated carbocycles. The van der Waals surface area contributed by atoms with E-state index in [4.69, 9.17) is 9.47 Å². The van der Waals surface area contributed by atoms with E-state index >= 15 is 0 Å². The van der Waals surface area contributed by atoms with Gasteiger partial charge in [0, 0.05) is 30.5 Å². The van der Waals surface area contributed by atoms with Crippen LogP contribution in [0.1, 0.15) is 58.3 Å². The molecule has 1 saturated heterocycles. The maximum Gasteiger partial charge on any atom is 0.320 e. The molecule has 46 heavy (non-hydrogen) atoms. The van der Waals surface area contributed by atoms with Gasteiger partial charge in [0.05, 0.1) is 24.1 Å². The van der Waals surface area contributed by atoms with E-state index in [0.29, 0.717) is 25.1 Å². The number of aromatic nitrogens is 2. The standard InChI is InChI=1S/C32H40N6O7S/c1-31(14-15-31)46(42,43)37-28(40)32-19-22(32)13-9-4-3-5-10-16-33-30(41)38-20-23(17-25(38)27(39)36-32)45-26-18-24(34-29(35-26)44-2)21-11-7-6-8-12-21/h6-9,11-13,18,22-23,25H,3-5,10,14-17,19-20H2,1-2H3,(H,33,41)(H,36,39)(H,37,40)/b13-9-/t22-,23+,25-,32+/m0/s1. The van der Waals surface area contributed by atoms with Crippen LogP contribution in [0.15, 0.2) is 48.6 Å². The second kappa shape index (κ2) is 12.5. The van der Waals surface area contributed by atoms with Crippen LogP contribution in [0, 0.1) is 5.92 Å². The van der Waals surface area contributed by atoms with Crippen LogP contribution in [-0.2, 0) is 19.6 Å². The summed E-state index contributed by atoms with van der Waals surface area (Å²) in [4.78, 5) is 51.1. The van der Waals surface area contributed by atoms with Gasteiger partial charge in [-0.15, -0.1) is 0 Å². The number of amides is 4. The molecule has 0 radical (unpaired) electrons. The fourth-order valence-corrected chi connectivity index (χ4v) is 7.34. The first-order valence-electron chi connectivity index (χ1n) is 15.8. The molecule has 3 fully saturated rings. The summed E-state index contributed by atoms with van der Waals surface area (Å²) in [5, 5.41) is 5.78. The average molecular weight is 653 g/mol. The molecule has 2 aromatic rings. The molecule has 1 aromatic carbocycles. The van der Waals surface area contributed by atoms with E-state index in [1.54, 1.807) is 13.0 Å². The fraction of sp³-hybridized carbons (Fsp3) is 0.531. The van der Waals surface area contributed by atoms with Crippen molar-refractivity contribution in [3.8, 4) is 23.1 Å². The van der Waals surface area contributed by atoms with E-state index in [1.807, 2.05) is 42.5 Å². The quantitative estimate of drug-likeness (QED) is 0.381. The smallest absolute Gasteiger partial charge is 0.320 e. The Kier molecular flexibility index (Phi) is 8.66. The number of nitrogens with zero attached hydrogens (tertiary/aromatic N) is 3. The monoisotopic (exact) mass is 652 g/mol. The Morgan fingerprint density at radius 2 is 1.89 bits per heavy atom.